The lowest BCUT2D eigenvalue weighted by Gasteiger charge is -2.11. The normalized spacial score (nSPS) is 10.8. The molecule has 9 heteroatoms. The summed E-state index contributed by atoms with van der Waals surface area (Å²) in [4.78, 5) is 11.3. The second kappa shape index (κ2) is 7.98. The second-order valence-electron chi connectivity index (χ2n) is 4.26. The number of hydrazone groups is 1. The Balaban J connectivity index is 2.22. The number of H-pyrrole nitrogens is 1. The predicted molar refractivity (Wildman–Crippen MR) is 92.9 cm³/mol. The highest BCUT2D eigenvalue weighted by Crippen LogP contribution is 2.36. The monoisotopic (exact) mass is 400 g/mol. The number of benzene rings is 1. The first-order chi connectivity index (χ1) is 11.1. The summed E-state index contributed by atoms with van der Waals surface area (Å²) >= 11 is 9.26. The van der Waals surface area contributed by atoms with Gasteiger partial charge in [0.15, 0.2) is 11.5 Å². The molecule has 0 aliphatic rings. The van der Waals surface area contributed by atoms with Crippen molar-refractivity contribution in [3.8, 4) is 11.5 Å². The molecule has 0 radical (unpaired) electrons. The first kappa shape index (κ1) is 17.3. The molecular weight excluding hydrogens is 388 g/mol. The molecule has 0 spiro atoms. The molecule has 2 aromatic rings. The number of hydrogen-bond acceptors (Lipinski definition) is 6. The van der Waals surface area contributed by atoms with Gasteiger partial charge in [-0.15, -0.1) is 0 Å². The van der Waals surface area contributed by atoms with Crippen molar-refractivity contribution < 1.29 is 9.47 Å². The van der Waals surface area contributed by atoms with E-state index in [4.69, 9.17) is 21.1 Å². The van der Waals surface area contributed by atoms with Gasteiger partial charge in [-0.1, -0.05) is 11.6 Å². The lowest BCUT2D eigenvalue weighted by atomic mass is 10.2. The van der Waals surface area contributed by atoms with Crippen molar-refractivity contribution in [1.29, 1.82) is 0 Å². The molecule has 1 aromatic carbocycles. The number of halogens is 2. The van der Waals surface area contributed by atoms with Crippen LogP contribution in [0.1, 0.15) is 12.5 Å². The zero-order valence-corrected chi connectivity index (χ0v) is 14.7. The highest BCUT2D eigenvalue weighted by Gasteiger charge is 2.10. The van der Waals surface area contributed by atoms with Crippen LogP contribution in [0.5, 0.6) is 11.5 Å². The third kappa shape index (κ3) is 4.23. The van der Waals surface area contributed by atoms with E-state index >= 15 is 0 Å². The predicted octanol–water partition coefficient (Wildman–Crippen LogP) is 3.04. The first-order valence-corrected chi connectivity index (χ1v) is 7.76. The summed E-state index contributed by atoms with van der Waals surface area (Å²) in [5.74, 6) is 1.21. The molecule has 2 rings (SSSR count). The van der Waals surface area contributed by atoms with Crippen molar-refractivity contribution >= 4 is 39.4 Å². The van der Waals surface area contributed by atoms with Crippen molar-refractivity contribution in [2.24, 2.45) is 5.10 Å². The molecule has 2 N–H and O–H groups in total. The Morgan fingerprint density at radius 1 is 1.52 bits per heavy atom. The number of nitrogens with zero attached hydrogens (tertiary/aromatic N) is 2. The fraction of sp³-hybridized carbons (Fsp3) is 0.214. The maximum atomic E-state index is 11.3. The van der Waals surface area contributed by atoms with Gasteiger partial charge in [-0.05, 0) is 40.5 Å². The molecule has 23 heavy (non-hydrogen) atoms. The Labute approximate surface area is 145 Å². The van der Waals surface area contributed by atoms with Gasteiger partial charge in [0.25, 0.3) is 5.56 Å². The van der Waals surface area contributed by atoms with Crippen LogP contribution in [0.2, 0.25) is 5.02 Å². The van der Waals surface area contributed by atoms with Crippen molar-refractivity contribution in [1.82, 2.24) is 10.2 Å². The van der Waals surface area contributed by atoms with E-state index in [2.05, 4.69) is 36.7 Å². The Hall–Kier alpha value is -2.06. The van der Waals surface area contributed by atoms with Crippen LogP contribution < -0.4 is 20.5 Å². The summed E-state index contributed by atoms with van der Waals surface area (Å²) in [5, 5.41) is 9.90. The van der Waals surface area contributed by atoms with E-state index in [1.165, 1.54) is 6.20 Å². The molecule has 0 atom stereocenters. The quantitative estimate of drug-likeness (QED) is 0.574. The van der Waals surface area contributed by atoms with Crippen LogP contribution in [0, 0.1) is 0 Å². The molecule has 0 bridgehead atoms. The lowest BCUT2D eigenvalue weighted by Crippen LogP contribution is -2.10. The van der Waals surface area contributed by atoms with E-state index in [0.29, 0.717) is 23.8 Å². The molecule has 0 unspecified atom stereocenters. The van der Waals surface area contributed by atoms with Crippen LogP contribution in [-0.4, -0.2) is 30.1 Å². The van der Waals surface area contributed by atoms with Crippen molar-refractivity contribution in [3.63, 3.8) is 0 Å². The van der Waals surface area contributed by atoms with Gasteiger partial charge in [-0.25, -0.2) is 5.10 Å². The molecule has 0 aliphatic heterocycles. The molecule has 0 saturated heterocycles. The van der Waals surface area contributed by atoms with Crippen molar-refractivity contribution in [3.05, 3.63) is 43.7 Å². The summed E-state index contributed by atoms with van der Waals surface area (Å²) in [7, 11) is 1.57. The zero-order chi connectivity index (χ0) is 16.8. The highest BCUT2D eigenvalue weighted by atomic mass is 79.9. The number of hydrogen-bond donors (Lipinski definition) is 2. The Bertz CT molecular complexity index is 779. The fourth-order valence-electron chi connectivity index (χ4n) is 1.76. The van der Waals surface area contributed by atoms with Crippen LogP contribution in [0.3, 0.4) is 0 Å². The molecule has 0 amide bonds. The molecule has 0 saturated carbocycles. The maximum absolute atomic E-state index is 11.3. The average molecular weight is 402 g/mol. The largest absolute Gasteiger partial charge is 0.492 e. The first-order valence-electron chi connectivity index (χ1n) is 6.59. The van der Waals surface area contributed by atoms with Crippen LogP contribution in [0.4, 0.5) is 5.69 Å². The minimum absolute atomic E-state index is 0.0110. The molecular formula is C14H14BrClN4O3. The van der Waals surface area contributed by atoms with Crippen LogP contribution in [-0.2, 0) is 0 Å². The van der Waals surface area contributed by atoms with Gasteiger partial charge in [0.1, 0.15) is 10.7 Å². The topological polar surface area (TPSA) is 88.6 Å². The third-order valence-electron chi connectivity index (χ3n) is 2.73. The number of anilines is 1. The molecule has 0 aliphatic carbocycles. The fourth-order valence-corrected chi connectivity index (χ4v) is 2.52. The van der Waals surface area contributed by atoms with Gasteiger partial charge >= 0.3 is 0 Å². The molecule has 0 fully saturated rings. The Morgan fingerprint density at radius 2 is 2.30 bits per heavy atom. The Morgan fingerprint density at radius 3 is 3.00 bits per heavy atom. The SMILES string of the molecule is CCOc1cc(/C=N\Nc2cn[nH]c(=O)c2Cl)cc(Br)c1OC. The minimum atomic E-state index is -0.488. The van der Waals surface area contributed by atoms with Gasteiger partial charge in [0.05, 0.1) is 30.6 Å². The zero-order valence-electron chi connectivity index (χ0n) is 12.4. The van der Waals surface area contributed by atoms with E-state index in [1.807, 2.05) is 13.0 Å². The summed E-state index contributed by atoms with van der Waals surface area (Å²) in [6, 6.07) is 3.61. The summed E-state index contributed by atoms with van der Waals surface area (Å²) in [6.45, 7) is 2.40. The molecule has 7 nitrogen and oxygen atoms in total. The van der Waals surface area contributed by atoms with E-state index in [9.17, 15) is 4.79 Å². The van der Waals surface area contributed by atoms with Crippen molar-refractivity contribution in [2.75, 3.05) is 19.1 Å². The van der Waals surface area contributed by atoms with Gasteiger partial charge < -0.3 is 9.47 Å². The third-order valence-corrected chi connectivity index (χ3v) is 3.69. The van der Waals surface area contributed by atoms with E-state index in [0.717, 1.165) is 10.0 Å². The summed E-state index contributed by atoms with van der Waals surface area (Å²) < 4.78 is 11.6. The van der Waals surface area contributed by atoms with Gasteiger partial charge in [-0.3, -0.25) is 10.2 Å². The number of nitrogens with one attached hydrogen (secondary N) is 2. The van der Waals surface area contributed by atoms with Crippen molar-refractivity contribution in [2.45, 2.75) is 6.92 Å². The number of aromatic nitrogens is 2. The summed E-state index contributed by atoms with van der Waals surface area (Å²) in [5.41, 5.74) is 3.26. The second-order valence-corrected chi connectivity index (χ2v) is 5.50. The van der Waals surface area contributed by atoms with Gasteiger partial charge in [0.2, 0.25) is 0 Å². The van der Waals surface area contributed by atoms with Gasteiger partial charge in [0, 0.05) is 0 Å². The maximum Gasteiger partial charge on any atom is 0.285 e. The standard InChI is InChI=1S/C14H14BrClN4O3/c1-3-23-11-5-8(4-9(15)13(11)22-2)6-17-19-10-7-18-20-14(21)12(10)16/h4-7H,3H2,1-2H3,(H2,19,20,21)/b17-6-. The summed E-state index contributed by atoms with van der Waals surface area (Å²) in [6.07, 6.45) is 2.93. The van der Waals surface area contributed by atoms with Crippen LogP contribution in [0.15, 0.2) is 32.7 Å². The van der Waals surface area contributed by atoms with Crippen LogP contribution >= 0.6 is 27.5 Å². The number of aromatic amines is 1. The van der Waals surface area contributed by atoms with Crippen LogP contribution in [0.25, 0.3) is 0 Å². The Kier molecular flexibility index (Phi) is 6.00. The van der Waals surface area contributed by atoms with E-state index in [1.54, 1.807) is 19.4 Å². The van der Waals surface area contributed by atoms with Gasteiger partial charge in [-0.2, -0.15) is 10.2 Å². The van der Waals surface area contributed by atoms with E-state index in [-0.39, 0.29) is 5.02 Å². The highest BCUT2D eigenvalue weighted by molar-refractivity contribution is 9.10. The molecule has 1 heterocycles. The smallest absolute Gasteiger partial charge is 0.285 e. The lowest BCUT2D eigenvalue weighted by molar-refractivity contribution is 0.310. The number of methoxy groups -OCH3 is 1. The number of rotatable bonds is 6. The molecule has 122 valence electrons. The van der Waals surface area contributed by atoms with E-state index < -0.39 is 5.56 Å². The average Bonchev–Trinajstić information content (AvgIpc) is 2.52. The number of ether oxygens (including phenoxy) is 2. The minimum Gasteiger partial charge on any atom is -0.492 e. The molecule has 1 aromatic heterocycles.